The fourth-order valence-electron chi connectivity index (χ4n) is 10.2. The number of cyclic esters (lactones) is 1. The second-order valence-electron chi connectivity index (χ2n) is 20.8. The lowest BCUT2D eigenvalue weighted by Crippen LogP contribution is -2.55. The number of amides is 6. The normalized spacial score (nSPS) is 17.5. The average molecular weight is 1180 g/mol. The molecule has 2 aromatic heterocycles. The minimum Gasteiger partial charge on any atom is -0.458 e. The molecule has 5 N–H and O–H groups in total. The first-order valence-corrected chi connectivity index (χ1v) is 28.6. The van der Waals surface area contributed by atoms with Crippen molar-refractivity contribution in [3.8, 4) is 11.4 Å². The Kier molecular flexibility index (Phi) is 24.3. The van der Waals surface area contributed by atoms with Gasteiger partial charge in [-0.1, -0.05) is 20.8 Å². The van der Waals surface area contributed by atoms with Crippen LogP contribution in [0.3, 0.4) is 0 Å². The number of carbonyl (C=O) groups is 7. The summed E-state index contributed by atoms with van der Waals surface area (Å²) in [6, 6.07) is 0.296. The molecular weight excluding hydrogens is 1100 g/mol. The van der Waals surface area contributed by atoms with E-state index in [0.29, 0.717) is 144 Å². The lowest BCUT2D eigenvalue weighted by Gasteiger charge is -2.31. The van der Waals surface area contributed by atoms with E-state index in [4.69, 9.17) is 47.6 Å². The number of halogens is 1. The van der Waals surface area contributed by atoms with Crippen LogP contribution in [0.2, 0.25) is 0 Å². The summed E-state index contributed by atoms with van der Waals surface area (Å²) in [4.78, 5) is 108. The number of nitrogens with zero attached hydrogens (tertiary/aromatic N) is 3. The molecule has 1 aliphatic carbocycles. The summed E-state index contributed by atoms with van der Waals surface area (Å²) in [6.45, 7) is 14.0. The molecule has 3 aliphatic heterocycles. The monoisotopic (exact) mass is 1180 g/mol. The summed E-state index contributed by atoms with van der Waals surface area (Å²) in [5, 5.41) is 23.4. The third-order valence-corrected chi connectivity index (χ3v) is 14.8. The molecule has 0 spiro atoms. The van der Waals surface area contributed by atoms with Crippen LogP contribution in [0, 0.1) is 18.7 Å². The smallest absolute Gasteiger partial charge is 0.343 e. The number of aromatic nitrogens is 2. The van der Waals surface area contributed by atoms with Crippen LogP contribution in [-0.4, -0.2) is 192 Å². The van der Waals surface area contributed by atoms with Crippen molar-refractivity contribution in [2.24, 2.45) is 5.92 Å². The Balaban J connectivity index is 0.701. The van der Waals surface area contributed by atoms with Gasteiger partial charge in [0.25, 0.3) is 17.4 Å². The third-order valence-electron chi connectivity index (χ3n) is 14.8. The molecule has 26 heteroatoms. The Bertz CT molecular complexity index is 2940. The average Bonchev–Trinajstić information content (AvgIpc) is 1.51. The topological polar surface area (TPSA) is 309 Å². The highest BCUT2D eigenvalue weighted by molar-refractivity contribution is 6.13. The molecule has 4 aliphatic rings. The Hall–Kier alpha value is -6.62. The van der Waals surface area contributed by atoms with E-state index in [2.05, 4.69) is 21.3 Å². The molecule has 5 heterocycles. The van der Waals surface area contributed by atoms with Gasteiger partial charge in [0.1, 0.15) is 24.5 Å². The van der Waals surface area contributed by atoms with Crippen LogP contribution >= 0.6 is 0 Å². The van der Waals surface area contributed by atoms with Gasteiger partial charge in [-0.05, 0) is 61.8 Å². The van der Waals surface area contributed by atoms with Gasteiger partial charge in [0, 0.05) is 60.7 Å². The summed E-state index contributed by atoms with van der Waals surface area (Å²) in [7, 11) is 0. The SMILES string of the molecule is CC[C@@]1(O)C(=O)OCc2c1cc1n(c2=O)Cc2c-1nc1cc(F)c(C)c3c1c2[C@@H](NC(=O)[C@H](C)NC(=O)[C@H](NC(=O)CCOCCOCCOCCOCCOCCOCCOCCOCCNC(=O)CCN1C(=O)C=CC1=O)C(C)C)CC3. The number of aliphatic hydroxyl groups is 1. The molecule has 0 unspecified atom stereocenters. The number of rotatable bonds is 37. The third kappa shape index (κ3) is 16.6. The molecule has 460 valence electrons. The van der Waals surface area contributed by atoms with Crippen molar-refractivity contribution in [1.82, 2.24) is 35.7 Å². The second-order valence-corrected chi connectivity index (χ2v) is 20.8. The van der Waals surface area contributed by atoms with Gasteiger partial charge in [-0.2, -0.15) is 0 Å². The molecule has 0 saturated carbocycles. The maximum Gasteiger partial charge on any atom is 0.343 e. The molecule has 0 bridgehead atoms. The fraction of sp³-hybridized carbons (Fsp3) is 0.603. The number of pyridine rings is 2. The first-order chi connectivity index (χ1) is 40.4. The van der Waals surface area contributed by atoms with Crippen molar-refractivity contribution in [1.29, 1.82) is 0 Å². The van der Waals surface area contributed by atoms with Crippen LogP contribution in [0.15, 0.2) is 29.1 Å². The Labute approximate surface area is 485 Å². The number of benzene rings is 1. The Morgan fingerprint density at radius 3 is 1.86 bits per heavy atom. The molecule has 3 aromatic rings. The zero-order valence-corrected chi connectivity index (χ0v) is 48.4. The van der Waals surface area contributed by atoms with E-state index in [1.807, 2.05) is 0 Å². The maximum atomic E-state index is 15.4. The zero-order valence-electron chi connectivity index (χ0n) is 48.4. The molecule has 0 saturated heterocycles. The highest BCUT2D eigenvalue weighted by atomic mass is 19.1. The lowest BCUT2D eigenvalue weighted by molar-refractivity contribution is -0.172. The lowest BCUT2D eigenvalue weighted by atomic mass is 9.81. The molecule has 6 amide bonds. The number of fused-ring (bicyclic) bond motifs is 5. The molecule has 4 atom stereocenters. The van der Waals surface area contributed by atoms with Gasteiger partial charge in [0.2, 0.25) is 23.6 Å². The van der Waals surface area contributed by atoms with E-state index in [0.717, 1.165) is 10.5 Å². The van der Waals surface area contributed by atoms with Crippen LogP contribution in [0.1, 0.15) is 92.8 Å². The molecule has 84 heavy (non-hydrogen) atoms. The van der Waals surface area contributed by atoms with Crippen LogP contribution < -0.4 is 26.8 Å². The van der Waals surface area contributed by atoms with Crippen LogP contribution in [0.4, 0.5) is 4.39 Å². The molecule has 25 nitrogen and oxygen atoms in total. The summed E-state index contributed by atoms with van der Waals surface area (Å²) in [6.07, 6.45) is 3.13. The summed E-state index contributed by atoms with van der Waals surface area (Å²) < 4.78 is 66.2. The molecular formula is C58H78FN7O18. The van der Waals surface area contributed by atoms with Crippen molar-refractivity contribution in [3.63, 3.8) is 0 Å². The Morgan fingerprint density at radius 1 is 0.738 bits per heavy atom. The highest BCUT2D eigenvalue weighted by Crippen LogP contribution is 2.46. The number of hydrogen-bond acceptors (Lipinski definition) is 19. The van der Waals surface area contributed by atoms with Crippen molar-refractivity contribution < 1.29 is 85.7 Å². The quantitative estimate of drug-likeness (QED) is 0.0241. The first kappa shape index (κ1) is 64.9. The number of esters is 1. The van der Waals surface area contributed by atoms with E-state index >= 15 is 4.39 Å². The first-order valence-electron chi connectivity index (χ1n) is 28.6. The van der Waals surface area contributed by atoms with Gasteiger partial charge < -0.3 is 73.6 Å². The van der Waals surface area contributed by atoms with Crippen molar-refractivity contribution in [3.05, 3.63) is 73.8 Å². The predicted molar refractivity (Wildman–Crippen MR) is 297 cm³/mol. The van der Waals surface area contributed by atoms with E-state index in [1.165, 1.54) is 22.8 Å². The van der Waals surface area contributed by atoms with Crippen LogP contribution in [0.5, 0.6) is 0 Å². The van der Waals surface area contributed by atoms with Gasteiger partial charge in [-0.15, -0.1) is 0 Å². The number of nitrogens with one attached hydrogen (secondary N) is 4. The van der Waals surface area contributed by atoms with Gasteiger partial charge in [-0.25, -0.2) is 14.2 Å². The number of hydrogen-bond donors (Lipinski definition) is 5. The van der Waals surface area contributed by atoms with Crippen LogP contribution in [-0.2, 0) is 101 Å². The highest BCUT2D eigenvalue weighted by Gasteiger charge is 2.46. The summed E-state index contributed by atoms with van der Waals surface area (Å²) in [5.74, 6) is -4.21. The largest absolute Gasteiger partial charge is 0.458 e. The molecule has 0 radical (unpaired) electrons. The minimum absolute atomic E-state index is 0.0184. The van der Waals surface area contributed by atoms with Crippen molar-refractivity contribution in [2.45, 2.75) is 104 Å². The molecule has 0 fully saturated rings. The summed E-state index contributed by atoms with van der Waals surface area (Å²) >= 11 is 0. The number of ether oxygens (including phenoxy) is 9. The second kappa shape index (κ2) is 31.5. The van der Waals surface area contributed by atoms with Crippen molar-refractivity contribution >= 4 is 52.3 Å². The van der Waals surface area contributed by atoms with Crippen molar-refractivity contribution in [2.75, 3.05) is 119 Å². The van der Waals surface area contributed by atoms with Gasteiger partial charge in [0.15, 0.2) is 5.60 Å². The molecule has 1 aromatic carbocycles. The van der Waals surface area contributed by atoms with Gasteiger partial charge in [0.05, 0.1) is 141 Å². The van der Waals surface area contributed by atoms with E-state index in [9.17, 15) is 43.5 Å². The molecule has 7 rings (SSSR count). The van der Waals surface area contributed by atoms with Crippen LogP contribution in [0.25, 0.3) is 22.3 Å². The van der Waals surface area contributed by atoms with E-state index < -0.39 is 70.6 Å². The predicted octanol–water partition coefficient (Wildman–Crippen LogP) is 1.23. The van der Waals surface area contributed by atoms with Gasteiger partial charge >= 0.3 is 5.97 Å². The van der Waals surface area contributed by atoms with E-state index in [-0.39, 0.29) is 81.7 Å². The van der Waals surface area contributed by atoms with E-state index in [1.54, 1.807) is 40.7 Å². The number of aryl methyl sites for hydroxylation is 1. The fourth-order valence-corrected chi connectivity index (χ4v) is 10.2. The summed E-state index contributed by atoms with van der Waals surface area (Å²) in [5.41, 5.74) is 1.35. The number of carbonyl (C=O) groups excluding carboxylic acids is 7. The standard InChI is InChI=1S/C58H78FN7O18/c1-6-58(75)41-31-45-53-39(33-66(45)56(73)40(41)34-84-57(58)74)51-43(8-7-38-36(4)42(59)32-44(62-53)50(38)51)63-54(71)37(5)61-55(72)52(35(2)3)64-47(68)12-15-76-17-19-78-21-23-80-25-27-82-29-30-83-28-26-81-24-22-79-20-18-77-16-13-60-46(67)11-14-65-48(69)9-10-49(65)70/h9-10,31-32,35,37,43,52,75H,6-8,11-30,33-34H2,1-5H3,(H,60,67)(H,61,72)(H,63,71)(H,64,68)/t37-,43-,52+,58-/m0/s1. The van der Waals surface area contributed by atoms with Gasteiger partial charge in [-0.3, -0.25) is 38.5 Å². The minimum atomic E-state index is -2.04. The Morgan fingerprint density at radius 2 is 1.30 bits per heavy atom. The zero-order chi connectivity index (χ0) is 60.3. The maximum absolute atomic E-state index is 15.4. The number of imide groups is 1.